The number of nitrogens with one attached hydrogen (secondary N) is 2. The first-order valence-corrected chi connectivity index (χ1v) is 11.0. The van der Waals surface area contributed by atoms with Crippen molar-refractivity contribution in [2.75, 3.05) is 5.32 Å². The largest absolute Gasteiger partial charge is 0.361 e. The fourth-order valence-corrected chi connectivity index (χ4v) is 4.62. The number of para-hydroxylation sites is 1. The summed E-state index contributed by atoms with van der Waals surface area (Å²) in [7, 11) is 0. The van der Waals surface area contributed by atoms with E-state index < -0.39 is 0 Å². The number of benzene rings is 3. The molecule has 0 fully saturated rings. The van der Waals surface area contributed by atoms with E-state index in [1.807, 2.05) is 54.9 Å². The fraction of sp³-hybridized carbons (Fsp3) is 0.0714. The van der Waals surface area contributed by atoms with Gasteiger partial charge in [0.05, 0.1) is 0 Å². The number of nitrogens with zero attached hydrogens (tertiary/aromatic N) is 1. The molecule has 1 amide bonds. The predicted octanol–water partition coefficient (Wildman–Crippen LogP) is 5.29. The minimum absolute atomic E-state index is 0.110. The standard InChI is InChI=1S/C28H22N4O/c29-22(12-21-16-31-26-4-2-1-3-23(21)26)14-25-24-13-18(7-8-27(24)32-28(25)33)17-5-6-20-15-30-10-9-19(20)11-17/h1-11,13-16,22,31H,12,29H2,(H,32,33)/b25-14+/t22-/m0/s1. The zero-order chi connectivity index (χ0) is 22.4. The first kappa shape index (κ1) is 19.5. The van der Waals surface area contributed by atoms with Crippen LogP contribution in [0.4, 0.5) is 5.69 Å². The molecule has 0 aliphatic carbocycles. The molecular formula is C28H22N4O. The maximum Gasteiger partial charge on any atom is 0.256 e. The number of hydrogen-bond donors (Lipinski definition) is 3. The predicted molar refractivity (Wildman–Crippen MR) is 134 cm³/mol. The number of anilines is 1. The molecule has 5 aromatic rings. The van der Waals surface area contributed by atoms with Gasteiger partial charge in [-0.15, -0.1) is 0 Å². The summed E-state index contributed by atoms with van der Waals surface area (Å²) in [4.78, 5) is 20.2. The molecule has 4 N–H and O–H groups in total. The number of H-pyrrole nitrogens is 1. The average Bonchev–Trinajstić information content (AvgIpc) is 3.39. The average molecular weight is 431 g/mol. The molecule has 6 rings (SSSR count). The highest BCUT2D eigenvalue weighted by molar-refractivity contribution is 6.31. The molecular weight excluding hydrogens is 408 g/mol. The minimum Gasteiger partial charge on any atom is -0.361 e. The van der Waals surface area contributed by atoms with Crippen LogP contribution in [0.15, 0.2) is 91.4 Å². The molecule has 33 heavy (non-hydrogen) atoms. The van der Waals surface area contributed by atoms with E-state index in [-0.39, 0.29) is 11.9 Å². The number of nitrogens with two attached hydrogens (primary N) is 1. The van der Waals surface area contributed by atoms with Gasteiger partial charge in [-0.25, -0.2) is 0 Å². The summed E-state index contributed by atoms with van der Waals surface area (Å²) in [6.07, 6.45) is 8.19. The Hall–Kier alpha value is -4.22. The van der Waals surface area contributed by atoms with Crippen LogP contribution in [-0.4, -0.2) is 21.9 Å². The summed E-state index contributed by atoms with van der Waals surface area (Å²) in [6.45, 7) is 0. The van der Waals surface area contributed by atoms with Crippen molar-refractivity contribution >= 4 is 38.8 Å². The first-order valence-electron chi connectivity index (χ1n) is 11.0. The van der Waals surface area contributed by atoms with Gasteiger partial charge in [0.2, 0.25) is 0 Å². The number of carbonyl (C=O) groups is 1. The minimum atomic E-state index is -0.285. The molecule has 5 nitrogen and oxygen atoms in total. The Labute approximate surface area is 191 Å². The van der Waals surface area contributed by atoms with Gasteiger partial charge in [0, 0.05) is 57.7 Å². The molecule has 1 atom stereocenters. The Morgan fingerprint density at radius 2 is 1.82 bits per heavy atom. The van der Waals surface area contributed by atoms with Crippen LogP contribution in [-0.2, 0) is 11.2 Å². The van der Waals surface area contributed by atoms with Crippen molar-refractivity contribution in [1.82, 2.24) is 9.97 Å². The molecule has 0 saturated carbocycles. The third kappa shape index (κ3) is 3.49. The van der Waals surface area contributed by atoms with Crippen LogP contribution in [0.5, 0.6) is 0 Å². The van der Waals surface area contributed by atoms with Crippen LogP contribution in [0, 0.1) is 0 Å². The zero-order valence-electron chi connectivity index (χ0n) is 17.9. The highest BCUT2D eigenvalue weighted by Gasteiger charge is 2.25. The van der Waals surface area contributed by atoms with Gasteiger partial charge in [-0.05, 0) is 58.8 Å². The molecule has 0 saturated heterocycles. The second-order valence-corrected chi connectivity index (χ2v) is 8.46. The summed E-state index contributed by atoms with van der Waals surface area (Å²) in [5.74, 6) is -0.110. The van der Waals surface area contributed by atoms with Gasteiger partial charge in [0.1, 0.15) is 0 Å². The summed E-state index contributed by atoms with van der Waals surface area (Å²) in [5.41, 5.74) is 13.2. The zero-order valence-corrected chi connectivity index (χ0v) is 17.9. The fourth-order valence-electron chi connectivity index (χ4n) is 4.62. The van der Waals surface area contributed by atoms with Gasteiger partial charge in [0.25, 0.3) is 5.91 Å². The summed E-state index contributed by atoms with van der Waals surface area (Å²) in [5, 5.41) is 6.37. The quantitative estimate of drug-likeness (QED) is 0.339. The number of carbonyl (C=O) groups excluding carboxylic acids is 1. The molecule has 0 bridgehead atoms. The number of aromatic amines is 1. The number of pyridine rings is 1. The SMILES string of the molecule is N[C@H](/C=C1/C(=O)Nc2ccc(-c3ccc4cnccc4c3)cc21)Cc1c[nH]c2ccccc12. The number of amides is 1. The molecule has 160 valence electrons. The van der Waals surface area contributed by atoms with Crippen LogP contribution >= 0.6 is 0 Å². The van der Waals surface area contributed by atoms with Crippen molar-refractivity contribution in [2.24, 2.45) is 5.73 Å². The van der Waals surface area contributed by atoms with Crippen LogP contribution in [0.25, 0.3) is 38.4 Å². The summed E-state index contributed by atoms with van der Waals surface area (Å²) >= 11 is 0. The van der Waals surface area contributed by atoms with Gasteiger partial charge >= 0.3 is 0 Å². The Bertz CT molecular complexity index is 1560. The van der Waals surface area contributed by atoms with Crippen LogP contribution in [0.1, 0.15) is 11.1 Å². The van der Waals surface area contributed by atoms with Gasteiger partial charge < -0.3 is 16.0 Å². The molecule has 1 aliphatic rings. The summed E-state index contributed by atoms with van der Waals surface area (Å²) in [6, 6.07) is 22.3. The van der Waals surface area contributed by atoms with Crippen molar-refractivity contribution < 1.29 is 4.79 Å². The molecule has 0 unspecified atom stereocenters. The number of hydrogen-bond acceptors (Lipinski definition) is 3. The van der Waals surface area contributed by atoms with Crippen molar-refractivity contribution in [3.63, 3.8) is 0 Å². The molecule has 0 radical (unpaired) electrons. The first-order chi connectivity index (χ1) is 16.2. The van der Waals surface area contributed by atoms with Crippen LogP contribution < -0.4 is 11.1 Å². The molecule has 5 heteroatoms. The lowest BCUT2D eigenvalue weighted by molar-refractivity contribution is -0.110. The van der Waals surface area contributed by atoms with Crippen molar-refractivity contribution in [1.29, 1.82) is 0 Å². The Kier molecular flexibility index (Phi) is 4.56. The highest BCUT2D eigenvalue weighted by Crippen LogP contribution is 2.36. The molecule has 1 aliphatic heterocycles. The molecule has 2 aromatic heterocycles. The molecule has 3 aromatic carbocycles. The topological polar surface area (TPSA) is 83.8 Å². The second-order valence-electron chi connectivity index (χ2n) is 8.46. The van der Waals surface area contributed by atoms with Crippen LogP contribution in [0.3, 0.4) is 0 Å². The monoisotopic (exact) mass is 430 g/mol. The van der Waals surface area contributed by atoms with E-state index in [0.29, 0.717) is 12.0 Å². The van der Waals surface area contributed by atoms with Gasteiger partial charge in [-0.3, -0.25) is 9.78 Å². The number of rotatable bonds is 4. The van der Waals surface area contributed by atoms with Gasteiger partial charge in [-0.2, -0.15) is 0 Å². The third-order valence-electron chi connectivity index (χ3n) is 6.29. The maximum atomic E-state index is 12.8. The van der Waals surface area contributed by atoms with E-state index in [4.69, 9.17) is 5.73 Å². The van der Waals surface area contributed by atoms with Crippen LogP contribution in [0.2, 0.25) is 0 Å². The van der Waals surface area contributed by atoms with E-state index in [9.17, 15) is 4.79 Å². The molecule has 3 heterocycles. The van der Waals surface area contributed by atoms with E-state index in [2.05, 4.69) is 45.6 Å². The van der Waals surface area contributed by atoms with Crippen molar-refractivity contribution in [3.05, 3.63) is 103 Å². The number of aromatic nitrogens is 2. The normalized spacial score (nSPS) is 15.2. The Balaban J connectivity index is 1.34. The lowest BCUT2D eigenvalue weighted by atomic mass is 9.96. The summed E-state index contributed by atoms with van der Waals surface area (Å²) < 4.78 is 0. The van der Waals surface area contributed by atoms with Crippen molar-refractivity contribution in [2.45, 2.75) is 12.5 Å². The van der Waals surface area contributed by atoms with E-state index >= 15 is 0 Å². The highest BCUT2D eigenvalue weighted by atomic mass is 16.2. The smallest absolute Gasteiger partial charge is 0.256 e. The van der Waals surface area contributed by atoms with E-state index in [0.717, 1.165) is 49.6 Å². The lowest BCUT2D eigenvalue weighted by Gasteiger charge is -2.09. The second kappa shape index (κ2) is 7.73. The lowest BCUT2D eigenvalue weighted by Crippen LogP contribution is -2.21. The maximum absolute atomic E-state index is 12.8. The van der Waals surface area contributed by atoms with Crippen molar-refractivity contribution in [3.8, 4) is 11.1 Å². The Morgan fingerprint density at radius 3 is 2.76 bits per heavy atom. The third-order valence-corrected chi connectivity index (χ3v) is 6.29. The Morgan fingerprint density at radius 1 is 0.970 bits per heavy atom. The van der Waals surface area contributed by atoms with E-state index in [1.165, 1.54) is 0 Å². The van der Waals surface area contributed by atoms with E-state index in [1.54, 1.807) is 6.20 Å². The molecule has 0 spiro atoms. The van der Waals surface area contributed by atoms with Gasteiger partial charge in [-0.1, -0.05) is 42.5 Å². The van der Waals surface area contributed by atoms with Gasteiger partial charge in [0.15, 0.2) is 0 Å². The number of fused-ring (bicyclic) bond motifs is 3.